The third-order valence-electron chi connectivity index (χ3n) is 2.05. The maximum atomic E-state index is 11.3. The molecule has 74 valence electrons. The van der Waals surface area contributed by atoms with E-state index in [0.29, 0.717) is 0 Å². The van der Waals surface area contributed by atoms with E-state index in [1.165, 1.54) is 0 Å². The highest BCUT2D eigenvalue weighted by molar-refractivity contribution is 5.76. The predicted octanol–water partition coefficient (Wildman–Crippen LogP) is 0.249. The number of nitrogens with zero attached hydrogens (tertiary/aromatic N) is 2. The molecule has 4 nitrogen and oxygen atoms in total. The normalized spacial score (nSPS) is 9.50. The second kappa shape index (κ2) is 4.47. The van der Waals surface area contributed by atoms with Gasteiger partial charge in [0.2, 0.25) is 5.91 Å². The predicted molar refractivity (Wildman–Crippen MR) is 53.5 cm³/mol. The topological polar surface area (TPSA) is 46.9 Å². The molecule has 0 saturated carbocycles. The quantitative estimate of drug-likeness (QED) is 0.696. The summed E-state index contributed by atoms with van der Waals surface area (Å²) in [5, 5.41) is 2.59. The van der Waals surface area contributed by atoms with Gasteiger partial charge in [0.1, 0.15) is 6.54 Å². The summed E-state index contributed by atoms with van der Waals surface area (Å²) >= 11 is 0. The molecular formula is C10H13N3O. The van der Waals surface area contributed by atoms with Crippen LogP contribution in [0.4, 0.5) is 0 Å². The summed E-state index contributed by atoms with van der Waals surface area (Å²) in [6.07, 6.45) is 6.67. The van der Waals surface area contributed by atoms with Crippen molar-refractivity contribution in [3.8, 4) is 12.3 Å². The molecule has 0 radical (unpaired) electrons. The van der Waals surface area contributed by atoms with Crippen LogP contribution < -0.4 is 5.32 Å². The lowest BCUT2D eigenvalue weighted by atomic mass is 10.4. The Hall–Kier alpha value is -1.76. The maximum Gasteiger partial charge on any atom is 0.240 e. The molecule has 1 rings (SSSR count). The zero-order valence-electron chi connectivity index (χ0n) is 8.37. The number of imidazole rings is 1. The van der Waals surface area contributed by atoms with Crippen LogP contribution in [-0.2, 0) is 11.3 Å². The van der Waals surface area contributed by atoms with E-state index in [1.54, 1.807) is 10.9 Å². The first-order valence-electron chi connectivity index (χ1n) is 4.33. The molecule has 0 aromatic carbocycles. The van der Waals surface area contributed by atoms with Gasteiger partial charge in [0.15, 0.2) is 0 Å². The fourth-order valence-electron chi connectivity index (χ4n) is 1.06. The Bertz CT molecular complexity index is 373. The van der Waals surface area contributed by atoms with Gasteiger partial charge in [0.25, 0.3) is 0 Å². The Morgan fingerprint density at radius 1 is 1.71 bits per heavy atom. The third-order valence-corrected chi connectivity index (χ3v) is 2.05. The van der Waals surface area contributed by atoms with Crippen molar-refractivity contribution in [1.29, 1.82) is 0 Å². The zero-order chi connectivity index (χ0) is 10.6. The van der Waals surface area contributed by atoms with Gasteiger partial charge in [-0.05, 0) is 13.8 Å². The average molecular weight is 191 g/mol. The second-order valence-corrected chi connectivity index (χ2v) is 3.02. The van der Waals surface area contributed by atoms with Crippen molar-refractivity contribution >= 4 is 5.91 Å². The van der Waals surface area contributed by atoms with Crippen LogP contribution in [0.5, 0.6) is 0 Å². The van der Waals surface area contributed by atoms with Crippen LogP contribution >= 0.6 is 0 Å². The number of carbonyl (C=O) groups is 1. The van der Waals surface area contributed by atoms with E-state index in [1.807, 2.05) is 13.8 Å². The van der Waals surface area contributed by atoms with E-state index in [-0.39, 0.29) is 19.0 Å². The zero-order valence-corrected chi connectivity index (χ0v) is 8.37. The molecule has 0 aliphatic heterocycles. The second-order valence-electron chi connectivity index (χ2n) is 3.02. The van der Waals surface area contributed by atoms with E-state index in [4.69, 9.17) is 6.42 Å². The molecule has 0 atom stereocenters. The van der Waals surface area contributed by atoms with Gasteiger partial charge in [-0.25, -0.2) is 4.98 Å². The van der Waals surface area contributed by atoms with Gasteiger partial charge in [0.05, 0.1) is 18.6 Å². The van der Waals surface area contributed by atoms with Crippen molar-refractivity contribution in [2.45, 2.75) is 20.4 Å². The van der Waals surface area contributed by atoms with Crippen molar-refractivity contribution in [1.82, 2.24) is 14.9 Å². The Morgan fingerprint density at radius 2 is 2.43 bits per heavy atom. The van der Waals surface area contributed by atoms with Crippen LogP contribution in [-0.4, -0.2) is 22.0 Å². The Morgan fingerprint density at radius 3 is 2.93 bits per heavy atom. The number of aromatic nitrogens is 2. The lowest BCUT2D eigenvalue weighted by molar-refractivity contribution is -0.121. The highest BCUT2D eigenvalue weighted by atomic mass is 16.1. The summed E-state index contributed by atoms with van der Waals surface area (Å²) < 4.78 is 1.79. The fourth-order valence-corrected chi connectivity index (χ4v) is 1.06. The van der Waals surface area contributed by atoms with Gasteiger partial charge in [-0.15, -0.1) is 6.42 Å². The highest BCUT2D eigenvalue weighted by Gasteiger charge is 2.05. The molecule has 0 aliphatic rings. The lowest BCUT2D eigenvalue weighted by Gasteiger charge is -2.04. The number of amides is 1. The summed E-state index contributed by atoms with van der Waals surface area (Å²) in [7, 11) is 0. The number of nitrogens with one attached hydrogen (secondary N) is 1. The largest absolute Gasteiger partial charge is 0.344 e. The Balaban J connectivity index is 2.57. The SMILES string of the molecule is C#CCNC(=O)Cn1cnc(C)c1C. The molecule has 1 N–H and O–H groups in total. The van der Waals surface area contributed by atoms with E-state index < -0.39 is 0 Å². The molecule has 0 aliphatic carbocycles. The van der Waals surface area contributed by atoms with E-state index in [2.05, 4.69) is 16.2 Å². The molecule has 1 amide bonds. The van der Waals surface area contributed by atoms with Gasteiger partial charge in [-0.2, -0.15) is 0 Å². The summed E-state index contributed by atoms with van der Waals surface area (Å²) in [4.78, 5) is 15.4. The highest BCUT2D eigenvalue weighted by Crippen LogP contribution is 2.03. The first-order valence-corrected chi connectivity index (χ1v) is 4.33. The number of hydrogen-bond donors (Lipinski definition) is 1. The van der Waals surface area contributed by atoms with Crippen molar-refractivity contribution in [2.24, 2.45) is 0 Å². The minimum Gasteiger partial charge on any atom is -0.344 e. The molecule has 14 heavy (non-hydrogen) atoms. The smallest absolute Gasteiger partial charge is 0.240 e. The van der Waals surface area contributed by atoms with Gasteiger partial charge < -0.3 is 9.88 Å². The first kappa shape index (κ1) is 10.3. The van der Waals surface area contributed by atoms with Crippen molar-refractivity contribution in [3.63, 3.8) is 0 Å². The summed E-state index contributed by atoms with van der Waals surface area (Å²) in [6.45, 7) is 4.38. The minimum atomic E-state index is -0.0940. The molecule has 1 heterocycles. The molecule has 0 bridgehead atoms. The standard InChI is InChI=1S/C10H13N3O/c1-4-5-11-10(14)6-13-7-12-8(2)9(13)3/h1,7H,5-6H2,2-3H3,(H,11,14). The maximum absolute atomic E-state index is 11.3. The summed E-state index contributed by atoms with van der Waals surface area (Å²) in [6, 6.07) is 0. The first-order chi connectivity index (χ1) is 6.65. The number of hydrogen-bond acceptors (Lipinski definition) is 2. The monoisotopic (exact) mass is 191 g/mol. The van der Waals surface area contributed by atoms with Crippen molar-refractivity contribution in [2.75, 3.05) is 6.54 Å². The van der Waals surface area contributed by atoms with Crippen LogP contribution in [0.2, 0.25) is 0 Å². The molecule has 0 saturated heterocycles. The molecule has 0 fully saturated rings. The van der Waals surface area contributed by atoms with Gasteiger partial charge in [0, 0.05) is 5.69 Å². The van der Waals surface area contributed by atoms with Crippen molar-refractivity contribution < 1.29 is 4.79 Å². The Kier molecular flexibility index (Phi) is 3.29. The van der Waals surface area contributed by atoms with Crippen molar-refractivity contribution in [3.05, 3.63) is 17.7 Å². The summed E-state index contributed by atoms with van der Waals surface area (Å²) in [5.41, 5.74) is 1.94. The van der Waals surface area contributed by atoms with Gasteiger partial charge >= 0.3 is 0 Å². The molecule has 1 aromatic rings. The lowest BCUT2D eigenvalue weighted by Crippen LogP contribution is -2.27. The third kappa shape index (κ3) is 2.36. The van der Waals surface area contributed by atoms with Crippen LogP contribution in [0.15, 0.2) is 6.33 Å². The molecule has 0 spiro atoms. The number of carbonyl (C=O) groups excluding carboxylic acids is 1. The van der Waals surface area contributed by atoms with Gasteiger partial charge in [-0.1, -0.05) is 5.92 Å². The summed E-state index contributed by atoms with van der Waals surface area (Å²) in [5.74, 6) is 2.25. The van der Waals surface area contributed by atoms with E-state index in [0.717, 1.165) is 11.4 Å². The van der Waals surface area contributed by atoms with Gasteiger partial charge in [-0.3, -0.25) is 4.79 Å². The minimum absolute atomic E-state index is 0.0940. The van der Waals surface area contributed by atoms with Crippen LogP contribution in [0, 0.1) is 26.2 Å². The fraction of sp³-hybridized carbons (Fsp3) is 0.400. The number of rotatable bonds is 3. The van der Waals surface area contributed by atoms with Crippen LogP contribution in [0.1, 0.15) is 11.4 Å². The van der Waals surface area contributed by atoms with Crippen LogP contribution in [0.3, 0.4) is 0 Å². The molecule has 4 heteroatoms. The van der Waals surface area contributed by atoms with Crippen LogP contribution in [0.25, 0.3) is 0 Å². The molecular weight excluding hydrogens is 178 g/mol. The molecule has 0 unspecified atom stereocenters. The number of aryl methyl sites for hydroxylation is 1. The van der Waals surface area contributed by atoms with E-state index in [9.17, 15) is 4.79 Å². The number of terminal acetylenes is 1. The average Bonchev–Trinajstić information content (AvgIpc) is 2.46. The molecule has 1 aromatic heterocycles. The Labute approximate surface area is 83.3 Å². The van der Waals surface area contributed by atoms with E-state index >= 15 is 0 Å².